The molecule has 1 aliphatic carbocycles. The van der Waals surface area contributed by atoms with Gasteiger partial charge in [0.25, 0.3) is 0 Å². The van der Waals surface area contributed by atoms with Crippen molar-refractivity contribution in [3.8, 4) is 95.0 Å². The lowest BCUT2D eigenvalue weighted by Crippen LogP contribution is -2.01. The molecule has 0 fully saturated rings. The number of ether oxygens (including phenoxy) is 1. The Hall–Kier alpha value is -12.2. The second-order valence-electron chi connectivity index (χ2n) is 25.0. The predicted molar refractivity (Wildman–Crippen MR) is 398 cm³/mol. The molecule has 4 heteroatoms. The summed E-state index contributed by atoms with van der Waals surface area (Å²) in [5.74, 6) is 0.898. The van der Waals surface area contributed by atoms with E-state index in [0.29, 0.717) is 6.61 Å². The summed E-state index contributed by atoms with van der Waals surface area (Å²) in [7, 11) is 0. The van der Waals surface area contributed by atoms with Gasteiger partial charge in [-0.25, -0.2) is 0 Å². The van der Waals surface area contributed by atoms with Gasteiger partial charge in [0, 0.05) is 67.1 Å². The van der Waals surface area contributed by atoms with E-state index in [1.165, 1.54) is 83.0 Å². The van der Waals surface area contributed by atoms with Crippen LogP contribution in [0.1, 0.15) is 29.3 Å². The van der Waals surface area contributed by atoms with Gasteiger partial charge in [-0.2, -0.15) is 0 Å². The van der Waals surface area contributed by atoms with Crippen molar-refractivity contribution in [3.63, 3.8) is 0 Å². The fourth-order valence-electron chi connectivity index (χ4n) is 14.8. The van der Waals surface area contributed by atoms with E-state index in [1.807, 2.05) is 0 Å². The van der Waals surface area contributed by atoms with Crippen molar-refractivity contribution >= 4 is 71.9 Å². The molecule has 16 aromatic rings. The minimum Gasteiger partial charge on any atom is -0.488 e. The molecule has 0 amide bonds. The quantitative estimate of drug-likeness (QED) is 0.129. The zero-order chi connectivity index (χ0) is 62.9. The van der Waals surface area contributed by atoms with Crippen LogP contribution in [0.4, 0.5) is 0 Å². The normalized spacial score (nSPS) is 13.3. The van der Waals surface area contributed by atoms with E-state index in [2.05, 4.69) is 350 Å². The lowest BCUT2D eigenvalue weighted by atomic mass is 9.91. The number of para-hydroxylation sites is 1. The number of benzene rings is 13. The van der Waals surface area contributed by atoms with Crippen LogP contribution in [0, 0.1) is 0 Å². The smallest absolute Gasteiger partial charge is 0.135 e. The number of fused-ring (bicyclic) bond motifs is 10. The fourth-order valence-corrected chi connectivity index (χ4v) is 14.8. The molecule has 0 saturated carbocycles. The Morgan fingerprint density at radius 3 is 1.46 bits per heavy atom. The van der Waals surface area contributed by atoms with E-state index in [4.69, 9.17) is 9.15 Å². The molecule has 4 nitrogen and oxygen atoms in total. The number of hydrogen-bond acceptors (Lipinski definition) is 2. The third-order valence-electron chi connectivity index (χ3n) is 19.4. The summed E-state index contributed by atoms with van der Waals surface area (Å²) in [6.07, 6.45) is 14.3. The third-order valence-corrected chi connectivity index (χ3v) is 19.4. The summed E-state index contributed by atoms with van der Waals surface area (Å²) in [6.45, 7) is 2.62. The summed E-state index contributed by atoms with van der Waals surface area (Å²) < 4.78 is 18.0. The largest absolute Gasteiger partial charge is 0.488 e. The van der Waals surface area contributed by atoms with Crippen LogP contribution in [0.2, 0.25) is 0 Å². The van der Waals surface area contributed by atoms with E-state index < -0.39 is 0 Å². The zero-order valence-electron chi connectivity index (χ0n) is 52.4. The second-order valence-corrected chi connectivity index (χ2v) is 25.0. The third kappa shape index (κ3) is 9.85. The van der Waals surface area contributed by atoms with Crippen molar-refractivity contribution in [3.05, 3.63) is 350 Å². The zero-order valence-corrected chi connectivity index (χ0v) is 52.4. The van der Waals surface area contributed by atoms with Crippen LogP contribution in [0.5, 0.6) is 5.75 Å². The molecule has 3 aromatic heterocycles. The van der Waals surface area contributed by atoms with Crippen molar-refractivity contribution in [2.75, 3.05) is 6.61 Å². The lowest BCUT2D eigenvalue weighted by molar-refractivity contribution is 0.388. The first-order chi connectivity index (χ1) is 47.0. The van der Waals surface area contributed by atoms with E-state index in [9.17, 15) is 0 Å². The molecule has 0 unspecified atom stereocenters. The first kappa shape index (κ1) is 55.6. The molecular formula is C91H62N2O2. The Labute approximate surface area is 551 Å². The maximum Gasteiger partial charge on any atom is 0.135 e. The van der Waals surface area contributed by atoms with E-state index >= 15 is 0 Å². The highest BCUT2D eigenvalue weighted by Gasteiger charge is 2.24. The summed E-state index contributed by atoms with van der Waals surface area (Å²) in [6, 6.07) is 108. The van der Waals surface area contributed by atoms with Gasteiger partial charge in [0.05, 0.1) is 16.6 Å². The molecule has 0 atom stereocenters. The standard InChI is InChI=1S/C91H62N2O2/c1-2-59(46-73-58-94-89-43-38-66(53-80(73)89)64-36-41-88-82(54-64)79-33-20-21-35-86(79)93(88)75-51-71(62-26-12-5-13-27-62)48-72(52-75)63-28-14-6-15-29-63)76-30-18-19-31-77(76)68-40-45-91-84(57-68)83-56-67(39-44-90(83)95-91)65-37-42-87-81(55-65)78-32-16-7-17-34-85(78)92(87)74-49-69(60-22-8-3-9-23-60)47-70(50-74)61-24-10-4-11-25-61/h2-33,35-57H,34,58H2,1H3/b59-2+,73-46+. The molecule has 0 saturated heterocycles. The SMILES string of the molecule is C/C=C(\C=C1/COc2ccc(-c3ccc4c(c3)c3ccccc3n4-c3cc(-c4ccccc4)cc(-c4ccccc4)c3)cc21)c1ccccc1-c1ccc2oc3ccc(-c4ccc5c(c4)c4c(n5-c5cc(-c6ccccc6)cc(-c6ccccc6)c5)CC=CC=C4)cc3c2c1. The molecular weight excluding hydrogens is 1150 g/mol. The van der Waals surface area contributed by atoms with Gasteiger partial charge in [-0.15, -0.1) is 0 Å². The minimum atomic E-state index is 0.487. The molecule has 1 aliphatic heterocycles. The average Bonchev–Trinajstić information content (AvgIpc) is 1.60. The van der Waals surface area contributed by atoms with Crippen LogP contribution >= 0.6 is 0 Å². The Balaban J connectivity index is 0.675. The maximum atomic E-state index is 6.63. The molecule has 0 spiro atoms. The molecule has 0 N–H and O–H groups in total. The first-order valence-electron chi connectivity index (χ1n) is 32.8. The van der Waals surface area contributed by atoms with Gasteiger partial charge in [0.1, 0.15) is 23.5 Å². The molecule has 18 rings (SSSR count). The number of hydrogen-bond donors (Lipinski definition) is 0. The van der Waals surface area contributed by atoms with Gasteiger partial charge in [-0.3, -0.25) is 0 Å². The topological polar surface area (TPSA) is 32.2 Å². The van der Waals surface area contributed by atoms with Gasteiger partial charge >= 0.3 is 0 Å². The Kier molecular flexibility index (Phi) is 13.5. The van der Waals surface area contributed by atoms with Crippen molar-refractivity contribution < 1.29 is 9.15 Å². The molecule has 0 radical (unpaired) electrons. The number of furan rings is 1. The van der Waals surface area contributed by atoms with Crippen molar-refractivity contribution in [2.45, 2.75) is 13.3 Å². The summed E-state index contributed by atoms with van der Waals surface area (Å²) in [5, 5.41) is 5.82. The number of rotatable bonds is 11. The van der Waals surface area contributed by atoms with Crippen molar-refractivity contribution in [1.29, 1.82) is 0 Å². The molecule has 0 bridgehead atoms. The number of nitrogens with zero attached hydrogens (tertiary/aromatic N) is 2. The predicted octanol–water partition coefficient (Wildman–Crippen LogP) is 24.3. The first-order valence-corrected chi connectivity index (χ1v) is 32.8. The van der Waals surface area contributed by atoms with Crippen LogP contribution in [-0.2, 0) is 6.42 Å². The highest BCUT2D eigenvalue weighted by molar-refractivity contribution is 6.12. The van der Waals surface area contributed by atoms with Crippen LogP contribution in [0.3, 0.4) is 0 Å². The van der Waals surface area contributed by atoms with Gasteiger partial charge in [-0.1, -0.05) is 225 Å². The highest BCUT2D eigenvalue weighted by atomic mass is 16.5. The second kappa shape index (κ2) is 23.2. The van der Waals surface area contributed by atoms with Gasteiger partial charge in [0.15, 0.2) is 0 Å². The van der Waals surface area contributed by atoms with Gasteiger partial charge in [-0.05, 0) is 205 Å². The van der Waals surface area contributed by atoms with Crippen molar-refractivity contribution in [2.24, 2.45) is 0 Å². The minimum absolute atomic E-state index is 0.487. The monoisotopic (exact) mass is 1210 g/mol. The summed E-state index contributed by atoms with van der Waals surface area (Å²) in [4.78, 5) is 0. The summed E-state index contributed by atoms with van der Waals surface area (Å²) >= 11 is 0. The van der Waals surface area contributed by atoms with Gasteiger partial charge in [0.2, 0.25) is 0 Å². The Bertz CT molecular complexity index is 5740. The maximum absolute atomic E-state index is 6.63. The average molecular weight is 1220 g/mol. The van der Waals surface area contributed by atoms with Crippen molar-refractivity contribution in [1.82, 2.24) is 9.13 Å². The van der Waals surface area contributed by atoms with Crippen LogP contribution < -0.4 is 4.74 Å². The fraction of sp³-hybridized carbons (Fsp3) is 0.0330. The Morgan fingerprint density at radius 1 is 0.358 bits per heavy atom. The van der Waals surface area contributed by atoms with Crippen LogP contribution in [0.25, 0.3) is 161 Å². The number of aromatic nitrogens is 2. The molecule has 13 aromatic carbocycles. The summed E-state index contributed by atoms with van der Waals surface area (Å²) in [5.41, 5.74) is 30.9. The van der Waals surface area contributed by atoms with Gasteiger partial charge < -0.3 is 18.3 Å². The number of allylic oxidation sites excluding steroid dienone is 6. The molecule has 2 aliphatic rings. The molecule has 448 valence electrons. The highest BCUT2D eigenvalue weighted by Crippen LogP contribution is 2.45. The van der Waals surface area contributed by atoms with Crippen LogP contribution in [0.15, 0.2) is 332 Å². The molecule has 4 heterocycles. The lowest BCUT2D eigenvalue weighted by Gasteiger charge is -2.15. The van der Waals surface area contributed by atoms with Crippen LogP contribution in [-0.4, -0.2) is 15.7 Å². The van der Waals surface area contributed by atoms with E-state index in [1.54, 1.807) is 0 Å². The van der Waals surface area contributed by atoms with E-state index in [0.717, 1.165) is 107 Å². The molecule has 95 heavy (non-hydrogen) atoms. The van der Waals surface area contributed by atoms with E-state index in [-0.39, 0.29) is 0 Å². The Morgan fingerprint density at radius 2 is 0.842 bits per heavy atom.